The summed E-state index contributed by atoms with van der Waals surface area (Å²) >= 11 is 0. The van der Waals surface area contributed by atoms with Crippen LogP contribution in [0.15, 0.2) is 6.20 Å². The van der Waals surface area contributed by atoms with Crippen LogP contribution in [0, 0.1) is 6.92 Å². The van der Waals surface area contributed by atoms with Crippen LogP contribution in [0.3, 0.4) is 0 Å². The molecule has 0 amide bonds. The molecule has 0 atom stereocenters. The third-order valence-electron chi connectivity index (χ3n) is 1.27. The molecule has 0 fully saturated rings. The Labute approximate surface area is 104 Å². The van der Waals surface area contributed by atoms with Gasteiger partial charge in [-0.2, -0.15) is 0 Å². The van der Waals surface area contributed by atoms with Crippen LogP contribution in [0.1, 0.15) is 18.2 Å². The van der Waals surface area contributed by atoms with Crippen LogP contribution >= 0.6 is 0 Å². The van der Waals surface area contributed by atoms with Crippen molar-refractivity contribution in [2.45, 2.75) is 20.3 Å². The van der Waals surface area contributed by atoms with Gasteiger partial charge in [0.25, 0.3) is 0 Å². The molecule has 1 rings (SSSR count). The Morgan fingerprint density at radius 3 is 2.56 bits per heavy atom. The number of nitrogens with zero attached hydrogens (tertiary/aromatic N) is 2. The third-order valence-corrected chi connectivity index (χ3v) is 1.27. The molecule has 0 spiro atoms. The molecule has 0 saturated heterocycles. The average Bonchev–Trinajstić information content (AvgIpc) is 2.14. The quantitative estimate of drug-likeness (QED) is 0.513. The van der Waals surface area contributed by atoms with Gasteiger partial charge in [-0.15, -0.1) is 5.69 Å². The van der Waals surface area contributed by atoms with Gasteiger partial charge >= 0.3 is 58.2 Å². The Bertz CT molecular complexity index is 171. The van der Waals surface area contributed by atoms with E-state index in [1.54, 1.807) is 0 Å². The van der Waals surface area contributed by atoms with Gasteiger partial charge in [0.1, 0.15) is 0 Å². The van der Waals surface area contributed by atoms with Crippen molar-refractivity contribution in [1.29, 1.82) is 0 Å². The van der Waals surface area contributed by atoms with Crippen molar-refractivity contribution < 1.29 is 58.2 Å². The van der Waals surface area contributed by atoms with Gasteiger partial charge < -0.3 is 10.2 Å². The maximum absolute atomic E-state index is 3.84. The molecule has 3 heteroatoms. The Kier molecular flexibility index (Phi) is 5.31. The van der Waals surface area contributed by atoms with E-state index >= 15 is 0 Å². The van der Waals surface area contributed by atoms with E-state index in [2.05, 4.69) is 17.1 Å². The van der Waals surface area contributed by atoms with Crippen LogP contribution in [-0.4, -0.2) is 5.10 Å². The molecule has 1 heterocycles. The summed E-state index contributed by atoms with van der Waals surface area (Å²) in [5.74, 6) is 0. The summed E-state index contributed by atoms with van der Waals surface area (Å²) in [5.41, 5.74) is 2.32. The van der Waals surface area contributed by atoms with Gasteiger partial charge in [0.2, 0.25) is 0 Å². The largest absolute Gasteiger partial charge is 1.00 e. The zero-order valence-corrected chi connectivity index (χ0v) is 11.1. The number of hydrogen-bond acceptors (Lipinski definition) is 1. The first-order valence-corrected chi connectivity index (χ1v) is 2.78. The molecular weight excluding hydrogens is 186 g/mol. The van der Waals surface area contributed by atoms with Gasteiger partial charge in [-0.05, 0) is 12.0 Å². The van der Waals surface area contributed by atoms with Gasteiger partial charge in [0.05, 0.1) is 0 Å². The molecule has 0 saturated carbocycles. The van der Waals surface area contributed by atoms with Crippen molar-refractivity contribution >= 4 is 0 Å². The second-order valence-electron chi connectivity index (χ2n) is 1.81. The topological polar surface area (TPSA) is 27.0 Å². The molecule has 0 aliphatic rings. The predicted molar refractivity (Wildman–Crippen MR) is 31.7 cm³/mol. The summed E-state index contributed by atoms with van der Waals surface area (Å²) in [4.78, 5) is 0. The van der Waals surface area contributed by atoms with E-state index in [1.807, 2.05) is 13.1 Å². The van der Waals surface area contributed by atoms with E-state index in [4.69, 9.17) is 0 Å². The molecule has 2 nitrogen and oxygen atoms in total. The van der Waals surface area contributed by atoms with E-state index in [1.165, 1.54) is 5.56 Å². The summed E-state index contributed by atoms with van der Waals surface area (Å²) in [6, 6.07) is 0. The first-order chi connectivity index (χ1) is 3.84. The van der Waals surface area contributed by atoms with Gasteiger partial charge in [-0.1, -0.05) is 13.8 Å². The zero-order valence-electron chi connectivity index (χ0n) is 6.18. The average molecular weight is 195 g/mol. The van der Waals surface area contributed by atoms with Gasteiger partial charge in [-0.3, -0.25) is 0 Å². The summed E-state index contributed by atoms with van der Waals surface area (Å²) in [5, 5.41) is 7.58. The Hall–Kier alpha value is 1.02. The minimum Gasteiger partial charge on any atom is -0.579 e. The van der Waals surface area contributed by atoms with Crippen molar-refractivity contribution in [3.05, 3.63) is 17.5 Å². The molecule has 1 aromatic heterocycles. The number of hydrogen-bond donors (Lipinski definition) is 0. The minimum atomic E-state index is 0. The fourth-order valence-corrected chi connectivity index (χ4v) is 0.690. The van der Waals surface area contributed by atoms with E-state index in [9.17, 15) is 0 Å². The zero-order chi connectivity index (χ0) is 5.98. The maximum Gasteiger partial charge on any atom is 1.00 e. The molecular formula is C6H9N2Rb. The number of aryl methyl sites for hydroxylation is 2. The summed E-state index contributed by atoms with van der Waals surface area (Å²) < 4.78 is 0. The third kappa shape index (κ3) is 2.62. The Morgan fingerprint density at radius 1 is 1.67 bits per heavy atom. The molecule has 0 aromatic carbocycles. The monoisotopic (exact) mass is 194 g/mol. The maximum atomic E-state index is 3.84. The van der Waals surface area contributed by atoms with E-state index in [-0.39, 0.29) is 58.2 Å². The van der Waals surface area contributed by atoms with Crippen LogP contribution in [0.5, 0.6) is 0 Å². The molecule has 0 radical (unpaired) electrons. The van der Waals surface area contributed by atoms with E-state index in [0.717, 1.165) is 12.1 Å². The fourth-order valence-electron chi connectivity index (χ4n) is 0.690. The van der Waals surface area contributed by atoms with Gasteiger partial charge in [0.15, 0.2) is 0 Å². The summed E-state index contributed by atoms with van der Waals surface area (Å²) in [7, 11) is 0. The Balaban J connectivity index is 0.000000640. The second kappa shape index (κ2) is 4.77. The molecule has 44 valence electrons. The minimum absolute atomic E-state index is 0. The van der Waals surface area contributed by atoms with Gasteiger partial charge in [-0.25, -0.2) is 0 Å². The predicted octanol–water partition coefficient (Wildman–Crippen LogP) is -2.09. The van der Waals surface area contributed by atoms with Gasteiger partial charge in [0, 0.05) is 6.20 Å². The fraction of sp³-hybridized carbons (Fsp3) is 0.500. The molecule has 0 N–H and O–H groups in total. The molecule has 1 aromatic rings. The molecule has 0 bridgehead atoms. The molecule has 9 heavy (non-hydrogen) atoms. The summed E-state index contributed by atoms with van der Waals surface area (Å²) in [6.45, 7) is 4.08. The Morgan fingerprint density at radius 2 is 2.33 bits per heavy atom. The standard InChI is InChI=1S/C6H9N2.Rb/c1-3-6-4-7-8-5(6)2;/h4H,3H2,1-2H3;/q-1;+1. The van der Waals surface area contributed by atoms with E-state index < -0.39 is 0 Å². The van der Waals surface area contributed by atoms with Crippen LogP contribution in [0.2, 0.25) is 0 Å². The van der Waals surface area contributed by atoms with Crippen molar-refractivity contribution in [3.63, 3.8) is 0 Å². The normalized spacial score (nSPS) is 8.67. The van der Waals surface area contributed by atoms with Crippen LogP contribution in [0.25, 0.3) is 0 Å². The molecule has 0 aliphatic carbocycles. The van der Waals surface area contributed by atoms with Crippen LogP contribution in [-0.2, 0) is 6.42 Å². The number of rotatable bonds is 1. The second-order valence-corrected chi connectivity index (χ2v) is 1.81. The SMILES string of the molecule is CCc1cn[n-]c1C.[Rb+]. The smallest absolute Gasteiger partial charge is 0.579 e. The van der Waals surface area contributed by atoms with Crippen molar-refractivity contribution in [1.82, 2.24) is 10.2 Å². The van der Waals surface area contributed by atoms with Crippen molar-refractivity contribution in [2.24, 2.45) is 0 Å². The first kappa shape index (κ1) is 10.0. The van der Waals surface area contributed by atoms with E-state index in [0.29, 0.717) is 0 Å². The van der Waals surface area contributed by atoms with Crippen LogP contribution < -0.4 is 63.3 Å². The number of aromatic nitrogens is 2. The van der Waals surface area contributed by atoms with Crippen molar-refractivity contribution in [2.75, 3.05) is 0 Å². The first-order valence-electron chi connectivity index (χ1n) is 2.78. The van der Waals surface area contributed by atoms with Crippen LogP contribution in [0.4, 0.5) is 0 Å². The molecule has 0 unspecified atom stereocenters. The summed E-state index contributed by atoms with van der Waals surface area (Å²) in [6.07, 6.45) is 2.86. The molecule has 0 aliphatic heterocycles. The van der Waals surface area contributed by atoms with Crippen molar-refractivity contribution in [3.8, 4) is 0 Å².